The predicted octanol–water partition coefficient (Wildman–Crippen LogP) is 2.36. The van der Waals surface area contributed by atoms with Crippen molar-refractivity contribution in [2.75, 3.05) is 19.8 Å². The molecule has 0 spiro atoms. The lowest BCUT2D eigenvalue weighted by atomic mass is 9.95. The fraction of sp³-hybridized carbons (Fsp3) is 0.571. The van der Waals surface area contributed by atoms with E-state index >= 15 is 0 Å². The molecule has 17 heavy (non-hydrogen) atoms. The maximum Gasteiger partial charge on any atom is 0.122 e. The van der Waals surface area contributed by atoms with Crippen LogP contribution in [0.15, 0.2) is 24.3 Å². The van der Waals surface area contributed by atoms with Gasteiger partial charge >= 0.3 is 0 Å². The topological polar surface area (TPSA) is 34.3 Å². The van der Waals surface area contributed by atoms with Crippen molar-refractivity contribution in [3.05, 3.63) is 29.8 Å². The molecule has 0 radical (unpaired) electrons. The first-order chi connectivity index (χ1) is 8.33. The van der Waals surface area contributed by atoms with E-state index in [1.54, 1.807) is 0 Å². The number of hydrogen-bond donors (Lipinski definition) is 0. The maximum absolute atomic E-state index is 5.82. The van der Waals surface area contributed by atoms with Gasteiger partial charge < -0.3 is 14.2 Å². The number of benzene rings is 1. The zero-order chi connectivity index (χ0) is 11.7. The molecule has 2 aliphatic rings. The largest absolute Gasteiger partial charge is 0.490 e. The highest BCUT2D eigenvalue weighted by Crippen LogP contribution is 2.33. The monoisotopic (exact) mass is 234 g/mol. The molecule has 0 N–H and O–H groups in total. The van der Waals surface area contributed by atoms with Gasteiger partial charge in [0.15, 0.2) is 0 Å². The third-order valence-corrected chi connectivity index (χ3v) is 3.30. The van der Waals surface area contributed by atoms with E-state index in [9.17, 15) is 0 Å². The Labute approximate surface area is 102 Å². The van der Waals surface area contributed by atoms with E-state index in [1.807, 2.05) is 12.1 Å². The van der Waals surface area contributed by atoms with Crippen molar-refractivity contribution in [1.82, 2.24) is 0 Å². The second-order valence-electron chi connectivity index (χ2n) is 4.90. The lowest BCUT2D eigenvalue weighted by Gasteiger charge is -2.15. The summed E-state index contributed by atoms with van der Waals surface area (Å²) >= 11 is 0. The second-order valence-corrected chi connectivity index (χ2v) is 4.90. The Balaban J connectivity index is 1.66. The lowest BCUT2D eigenvalue weighted by molar-refractivity contribution is 0.259. The molecule has 0 bridgehead atoms. The van der Waals surface area contributed by atoms with Crippen LogP contribution in [0, 0.1) is 0 Å². The van der Waals surface area contributed by atoms with Crippen molar-refractivity contribution in [3.63, 3.8) is 0 Å². The van der Waals surface area contributed by atoms with Crippen LogP contribution in [0.5, 0.6) is 5.75 Å². The van der Waals surface area contributed by atoms with Gasteiger partial charge in [-0.05, 0) is 24.0 Å². The predicted molar refractivity (Wildman–Crippen MR) is 64.4 cm³/mol. The van der Waals surface area contributed by atoms with E-state index in [4.69, 9.17) is 14.2 Å². The normalized spacial score (nSPS) is 27.6. The Morgan fingerprint density at radius 1 is 1.24 bits per heavy atom. The van der Waals surface area contributed by atoms with Crippen molar-refractivity contribution in [2.24, 2.45) is 0 Å². The van der Waals surface area contributed by atoms with Gasteiger partial charge in [0, 0.05) is 0 Å². The molecule has 3 rings (SSSR count). The average molecular weight is 234 g/mol. The van der Waals surface area contributed by atoms with Crippen LogP contribution in [-0.4, -0.2) is 32.0 Å². The molecule has 3 atom stereocenters. The Hall–Kier alpha value is -1.06. The van der Waals surface area contributed by atoms with E-state index in [-0.39, 0.29) is 0 Å². The van der Waals surface area contributed by atoms with Gasteiger partial charge in [0.25, 0.3) is 0 Å². The minimum absolute atomic E-state index is 0.310. The summed E-state index contributed by atoms with van der Waals surface area (Å²) in [5.74, 6) is 1.48. The highest BCUT2D eigenvalue weighted by atomic mass is 16.6. The number of hydrogen-bond acceptors (Lipinski definition) is 3. The van der Waals surface area contributed by atoms with Gasteiger partial charge in [-0.2, -0.15) is 0 Å². The molecule has 0 aromatic heterocycles. The van der Waals surface area contributed by atoms with E-state index in [0.29, 0.717) is 24.7 Å². The van der Waals surface area contributed by atoms with Crippen molar-refractivity contribution in [2.45, 2.75) is 31.5 Å². The zero-order valence-electron chi connectivity index (χ0n) is 10.1. The summed E-state index contributed by atoms with van der Waals surface area (Å²) in [6.07, 6.45) is 1.86. The first-order valence-electron chi connectivity index (χ1n) is 6.28. The molecule has 3 unspecified atom stereocenters. The molecule has 3 nitrogen and oxygen atoms in total. The van der Waals surface area contributed by atoms with Crippen molar-refractivity contribution in [3.8, 4) is 5.75 Å². The van der Waals surface area contributed by atoms with Crippen LogP contribution in [0.25, 0.3) is 0 Å². The molecular weight excluding hydrogens is 216 g/mol. The summed E-state index contributed by atoms with van der Waals surface area (Å²) in [6, 6.07) is 8.28. The number of rotatable bonds is 6. The summed E-state index contributed by atoms with van der Waals surface area (Å²) < 4.78 is 16.3. The summed E-state index contributed by atoms with van der Waals surface area (Å²) in [6.45, 7) is 4.66. The molecule has 1 aromatic rings. The molecule has 0 aliphatic carbocycles. The Morgan fingerprint density at radius 3 is 2.65 bits per heavy atom. The maximum atomic E-state index is 5.82. The minimum Gasteiger partial charge on any atom is -0.490 e. The summed E-state index contributed by atoms with van der Waals surface area (Å²) in [7, 11) is 0. The van der Waals surface area contributed by atoms with Gasteiger partial charge in [0.05, 0.1) is 19.3 Å². The molecule has 2 saturated heterocycles. The molecule has 2 aliphatic heterocycles. The van der Waals surface area contributed by atoms with Gasteiger partial charge in [-0.15, -0.1) is 0 Å². The van der Waals surface area contributed by atoms with Gasteiger partial charge in [-0.25, -0.2) is 0 Å². The summed E-state index contributed by atoms with van der Waals surface area (Å²) in [5.41, 5.74) is 1.28. The molecule has 1 aromatic carbocycles. The summed E-state index contributed by atoms with van der Waals surface area (Å²) in [4.78, 5) is 0. The van der Waals surface area contributed by atoms with Crippen LogP contribution >= 0.6 is 0 Å². The molecule has 3 heteroatoms. The van der Waals surface area contributed by atoms with Crippen LogP contribution in [0.1, 0.15) is 24.8 Å². The minimum atomic E-state index is 0.310. The Kier molecular flexibility index (Phi) is 3.04. The first-order valence-corrected chi connectivity index (χ1v) is 6.28. The molecule has 0 amide bonds. The Morgan fingerprint density at radius 2 is 1.94 bits per heavy atom. The van der Waals surface area contributed by atoms with Crippen molar-refractivity contribution in [1.29, 1.82) is 0 Å². The second kappa shape index (κ2) is 4.67. The fourth-order valence-corrected chi connectivity index (χ4v) is 2.09. The average Bonchev–Trinajstić information content (AvgIpc) is 3.21. The smallest absolute Gasteiger partial charge is 0.122 e. The molecule has 2 heterocycles. The fourth-order valence-electron chi connectivity index (χ4n) is 2.09. The molecule has 92 valence electrons. The van der Waals surface area contributed by atoms with E-state index in [0.717, 1.165) is 25.4 Å². The van der Waals surface area contributed by atoms with Crippen molar-refractivity contribution < 1.29 is 14.2 Å². The van der Waals surface area contributed by atoms with Crippen LogP contribution in [-0.2, 0) is 9.47 Å². The van der Waals surface area contributed by atoms with Crippen molar-refractivity contribution >= 4 is 0 Å². The third kappa shape index (κ3) is 2.99. The van der Waals surface area contributed by atoms with Crippen LogP contribution in [0.3, 0.4) is 0 Å². The number of epoxide rings is 2. The van der Waals surface area contributed by atoms with Gasteiger partial charge in [-0.3, -0.25) is 0 Å². The quantitative estimate of drug-likeness (QED) is 0.709. The molecular formula is C14H18O3. The molecule has 2 fully saturated rings. The van der Waals surface area contributed by atoms with E-state index < -0.39 is 0 Å². The van der Waals surface area contributed by atoms with E-state index in [1.165, 1.54) is 5.56 Å². The summed E-state index contributed by atoms with van der Waals surface area (Å²) in [5, 5.41) is 0. The zero-order valence-corrected chi connectivity index (χ0v) is 10.1. The SMILES string of the molecule is CC(CC1CO1)c1ccccc1OCC1CO1. The van der Waals surface area contributed by atoms with Gasteiger partial charge in [0.1, 0.15) is 18.5 Å². The van der Waals surface area contributed by atoms with E-state index in [2.05, 4.69) is 19.1 Å². The number of ether oxygens (including phenoxy) is 3. The van der Waals surface area contributed by atoms with Gasteiger partial charge in [-0.1, -0.05) is 25.1 Å². The van der Waals surface area contributed by atoms with Gasteiger partial charge in [0.2, 0.25) is 0 Å². The standard InChI is InChI=1S/C14H18O3/c1-10(6-11-7-15-11)13-4-2-3-5-14(13)17-9-12-8-16-12/h2-5,10-12H,6-9H2,1H3. The highest BCUT2D eigenvalue weighted by Gasteiger charge is 2.27. The third-order valence-electron chi connectivity index (χ3n) is 3.30. The molecule has 0 saturated carbocycles. The van der Waals surface area contributed by atoms with Crippen LogP contribution < -0.4 is 4.74 Å². The lowest BCUT2D eigenvalue weighted by Crippen LogP contribution is -2.07. The van der Waals surface area contributed by atoms with Crippen LogP contribution in [0.2, 0.25) is 0 Å². The Bertz CT molecular complexity index is 383. The van der Waals surface area contributed by atoms with Crippen LogP contribution in [0.4, 0.5) is 0 Å². The first kappa shape index (κ1) is 11.1. The number of para-hydroxylation sites is 1. The highest BCUT2D eigenvalue weighted by molar-refractivity contribution is 5.36.